The molecule has 7 nitrogen and oxygen atoms in total. The van der Waals surface area contributed by atoms with Crippen LogP contribution in [0.5, 0.6) is 0 Å². The van der Waals surface area contributed by atoms with Crippen LogP contribution in [-0.2, 0) is 9.84 Å². The van der Waals surface area contributed by atoms with Gasteiger partial charge in [-0.15, -0.1) is 24.0 Å². The number of nitrogens with zero attached hydrogens (tertiary/aromatic N) is 4. The summed E-state index contributed by atoms with van der Waals surface area (Å²) in [6.07, 6.45) is 0.699. The number of nitriles is 1. The molecule has 2 heterocycles. The lowest BCUT2D eigenvalue weighted by Gasteiger charge is -2.38. The van der Waals surface area contributed by atoms with E-state index in [1.807, 2.05) is 25.8 Å². The van der Waals surface area contributed by atoms with Crippen molar-refractivity contribution in [3.63, 3.8) is 0 Å². The number of likely N-dealkylation sites (N-methyl/N-ethyl adjacent to an activating group) is 1. The maximum absolute atomic E-state index is 11.6. The lowest BCUT2D eigenvalue weighted by molar-refractivity contribution is 0.171. The van der Waals surface area contributed by atoms with E-state index >= 15 is 0 Å². The van der Waals surface area contributed by atoms with Gasteiger partial charge in [0.05, 0.1) is 17.6 Å². The van der Waals surface area contributed by atoms with Crippen molar-refractivity contribution in [2.24, 2.45) is 10.9 Å². The molecule has 2 fully saturated rings. The van der Waals surface area contributed by atoms with E-state index in [4.69, 9.17) is 0 Å². The molecule has 0 amide bonds. The Hall–Kier alpha value is -0.600. The second-order valence-corrected chi connectivity index (χ2v) is 9.03. The highest BCUT2D eigenvalue weighted by Gasteiger charge is 2.29. The lowest BCUT2D eigenvalue weighted by Crippen LogP contribution is -2.56. The molecule has 0 aromatic carbocycles. The molecule has 2 unspecified atom stereocenters. The van der Waals surface area contributed by atoms with E-state index in [2.05, 4.69) is 21.3 Å². The molecule has 138 valence electrons. The summed E-state index contributed by atoms with van der Waals surface area (Å²) in [5, 5.41) is 12.6. The molecule has 0 bridgehead atoms. The molecular weight excluding hydrogens is 441 g/mol. The summed E-state index contributed by atoms with van der Waals surface area (Å²) in [7, 11) is -0.905. The predicted octanol–water partition coefficient (Wildman–Crippen LogP) is 0.533. The number of halogens is 1. The van der Waals surface area contributed by atoms with Crippen LogP contribution < -0.4 is 5.32 Å². The number of hydrogen-bond acceptors (Lipinski definition) is 5. The van der Waals surface area contributed by atoms with Gasteiger partial charge in [-0.25, -0.2) is 8.42 Å². The Bertz CT molecular complexity index is 587. The molecule has 0 aliphatic carbocycles. The Kier molecular flexibility index (Phi) is 8.22. The van der Waals surface area contributed by atoms with Crippen LogP contribution in [0, 0.1) is 17.2 Å². The molecule has 2 rings (SSSR count). The van der Waals surface area contributed by atoms with Crippen molar-refractivity contribution in [3.05, 3.63) is 0 Å². The van der Waals surface area contributed by atoms with Crippen LogP contribution in [0.2, 0.25) is 0 Å². The fraction of sp³-hybridized carbons (Fsp3) is 0.867. The molecule has 1 N–H and O–H groups in total. The van der Waals surface area contributed by atoms with E-state index < -0.39 is 9.84 Å². The minimum absolute atomic E-state index is 0. The van der Waals surface area contributed by atoms with Crippen molar-refractivity contribution >= 4 is 39.8 Å². The Morgan fingerprint density at radius 1 is 1.42 bits per heavy atom. The summed E-state index contributed by atoms with van der Waals surface area (Å²) in [5.41, 5.74) is 0. The van der Waals surface area contributed by atoms with Gasteiger partial charge in [0, 0.05) is 32.2 Å². The van der Waals surface area contributed by atoms with Crippen molar-refractivity contribution in [2.45, 2.75) is 32.4 Å². The minimum Gasteiger partial charge on any atom is -0.354 e. The summed E-state index contributed by atoms with van der Waals surface area (Å²) in [4.78, 5) is 8.83. The summed E-state index contributed by atoms with van der Waals surface area (Å²) in [6.45, 7) is 6.87. The Morgan fingerprint density at radius 2 is 2.12 bits per heavy atom. The number of sulfone groups is 1. The molecule has 2 aliphatic heterocycles. The molecular formula is C15H28IN5O2S. The minimum atomic E-state index is -2.86. The van der Waals surface area contributed by atoms with Crippen LogP contribution in [0.15, 0.2) is 4.99 Å². The van der Waals surface area contributed by atoms with Gasteiger partial charge < -0.3 is 10.2 Å². The van der Waals surface area contributed by atoms with E-state index in [0.717, 1.165) is 19.0 Å². The number of piperazine rings is 1. The Labute approximate surface area is 162 Å². The normalized spacial score (nSPS) is 27.6. The average molecular weight is 469 g/mol. The number of guanidine groups is 1. The molecule has 2 atom stereocenters. The van der Waals surface area contributed by atoms with Crippen LogP contribution in [0.3, 0.4) is 0 Å². The summed E-state index contributed by atoms with van der Waals surface area (Å²) in [5.74, 6) is 1.43. The average Bonchev–Trinajstić information content (AvgIpc) is 2.83. The highest BCUT2D eigenvalue weighted by molar-refractivity contribution is 14.0. The summed E-state index contributed by atoms with van der Waals surface area (Å²) in [6, 6.07) is 2.42. The summed E-state index contributed by atoms with van der Waals surface area (Å²) >= 11 is 0. The van der Waals surface area contributed by atoms with Crippen molar-refractivity contribution in [1.82, 2.24) is 15.1 Å². The zero-order valence-electron chi connectivity index (χ0n) is 14.6. The standard InChI is InChI=1S/C15H27N5O2S.HI/c1-12(2)18-15(17-9-13-4-7-23(21,22)11-13)20-6-5-19(3)14(8-16)10-20;/h12-14H,4-7,9-11H2,1-3H3,(H,17,18);1H. The van der Waals surface area contributed by atoms with Gasteiger partial charge in [0.15, 0.2) is 15.8 Å². The van der Waals surface area contributed by atoms with E-state index in [1.165, 1.54) is 0 Å². The second kappa shape index (κ2) is 9.20. The zero-order valence-corrected chi connectivity index (χ0v) is 17.8. The van der Waals surface area contributed by atoms with Gasteiger partial charge in [-0.1, -0.05) is 0 Å². The maximum atomic E-state index is 11.6. The number of aliphatic imine (C=N–C) groups is 1. The zero-order chi connectivity index (χ0) is 17.0. The fourth-order valence-corrected chi connectivity index (χ4v) is 4.78. The number of rotatable bonds is 3. The third kappa shape index (κ3) is 6.04. The topological polar surface area (TPSA) is 88.8 Å². The third-order valence-electron chi connectivity index (χ3n) is 4.34. The predicted molar refractivity (Wildman–Crippen MR) is 106 cm³/mol. The van der Waals surface area contributed by atoms with E-state index in [0.29, 0.717) is 19.5 Å². The highest BCUT2D eigenvalue weighted by Crippen LogP contribution is 2.18. The van der Waals surface area contributed by atoms with Crippen LogP contribution in [0.4, 0.5) is 0 Å². The first-order valence-corrected chi connectivity index (χ1v) is 9.99. The fourth-order valence-electron chi connectivity index (χ4n) is 2.93. The van der Waals surface area contributed by atoms with Crippen molar-refractivity contribution in [1.29, 1.82) is 5.26 Å². The van der Waals surface area contributed by atoms with E-state index in [9.17, 15) is 13.7 Å². The van der Waals surface area contributed by atoms with Gasteiger partial charge in [0.25, 0.3) is 0 Å². The van der Waals surface area contributed by atoms with Crippen LogP contribution in [-0.4, -0.2) is 81.0 Å². The molecule has 0 spiro atoms. The Morgan fingerprint density at radius 3 is 2.67 bits per heavy atom. The largest absolute Gasteiger partial charge is 0.354 e. The van der Waals surface area contributed by atoms with Gasteiger partial charge in [-0.05, 0) is 33.2 Å². The molecule has 2 aliphatic rings. The summed E-state index contributed by atoms with van der Waals surface area (Å²) < 4.78 is 23.1. The molecule has 9 heteroatoms. The van der Waals surface area contributed by atoms with Crippen LogP contribution in [0.1, 0.15) is 20.3 Å². The first-order valence-electron chi connectivity index (χ1n) is 8.17. The van der Waals surface area contributed by atoms with E-state index in [1.54, 1.807) is 0 Å². The van der Waals surface area contributed by atoms with Crippen molar-refractivity contribution in [2.75, 3.05) is 44.7 Å². The third-order valence-corrected chi connectivity index (χ3v) is 6.18. The van der Waals surface area contributed by atoms with Crippen LogP contribution in [0.25, 0.3) is 0 Å². The van der Waals surface area contributed by atoms with Gasteiger partial charge in [0.1, 0.15) is 6.04 Å². The SMILES string of the molecule is CC(C)NC(=NCC1CCS(=O)(=O)C1)N1CCN(C)C(C#N)C1.I. The number of nitrogens with one attached hydrogen (secondary N) is 1. The van der Waals surface area contributed by atoms with Gasteiger partial charge >= 0.3 is 0 Å². The first-order chi connectivity index (χ1) is 10.8. The monoisotopic (exact) mass is 469 g/mol. The Balaban J connectivity index is 0.00000288. The van der Waals surface area contributed by atoms with Gasteiger partial charge in [-0.2, -0.15) is 5.26 Å². The molecule has 24 heavy (non-hydrogen) atoms. The second-order valence-electron chi connectivity index (χ2n) is 6.80. The van der Waals surface area contributed by atoms with E-state index in [-0.39, 0.29) is 53.5 Å². The van der Waals surface area contributed by atoms with Crippen molar-refractivity contribution in [3.8, 4) is 6.07 Å². The molecule has 0 aromatic heterocycles. The van der Waals surface area contributed by atoms with Gasteiger partial charge in [0.2, 0.25) is 0 Å². The van der Waals surface area contributed by atoms with Gasteiger partial charge in [-0.3, -0.25) is 9.89 Å². The molecule has 0 aromatic rings. The molecule has 2 saturated heterocycles. The maximum Gasteiger partial charge on any atom is 0.194 e. The lowest BCUT2D eigenvalue weighted by atomic mass is 10.1. The molecule has 0 radical (unpaired) electrons. The highest BCUT2D eigenvalue weighted by atomic mass is 127. The van der Waals surface area contributed by atoms with Crippen LogP contribution >= 0.6 is 24.0 Å². The molecule has 0 saturated carbocycles. The quantitative estimate of drug-likeness (QED) is 0.369. The first kappa shape index (κ1) is 21.4. The smallest absolute Gasteiger partial charge is 0.194 e. The van der Waals surface area contributed by atoms with Crippen molar-refractivity contribution < 1.29 is 8.42 Å². The number of hydrogen-bond donors (Lipinski definition) is 1.